The van der Waals surface area contributed by atoms with E-state index in [9.17, 15) is 13.2 Å². The summed E-state index contributed by atoms with van der Waals surface area (Å²) in [6.45, 7) is 5.93. The largest absolute Gasteiger partial charge is 0.391 e. The van der Waals surface area contributed by atoms with E-state index in [0.29, 0.717) is 37.5 Å². The standard InChI is InChI=1S/C18H30F3N3O.HI/c1-17(2)14(13-8-9-25-15(13)17)24-16(22-3)23-10-11-4-6-12(7-5-11)18(19,20)21;/h11-15H,4-10H2,1-3H3,(H2,22,23,24);1H. The number of halogens is 4. The zero-order valence-electron chi connectivity index (χ0n) is 15.7. The van der Waals surface area contributed by atoms with Crippen LogP contribution in [0.4, 0.5) is 13.2 Å². The fourth-order valence-electron chi connectivity index (χ4n) is 4.89. The number of fused-ring (bicyclic) bond motifs is 1. The predicted molar refractivity (Wildman–Crippen MR) is 107 cm³/mol. The third-order valence-corrected chi connectivity index (χ3v) is 6.48. The van der Waals surface area contributed by atoms with Crippen molar-refractivity contribution in [2.24, 2.45) is 28.2 Å². The number of alkyl halides is 3. The van der Waals surface area contributed by atoms with Crippen molar-refractivity contribution in [2.45, 2.75) is 64.3 Å². The van der Waals surface area contributed by atoms with Gasteiger partial charge < -0.3 is 15.4 Å². The van der Waals surface area contributed by atoms with Crippen LogP contribution in [0, 0.1) is 23.2 Å². The summed E-state index contributed by atoms with van der Waals surface area (Å²) in [6.07, 6.45) is -0.892. The molecule has 3 fully saturated rings. The van der Waals surface area contributed by atoms with Gasteiger partial charge in [-0.15, -0.1) is 24.0 Å². The lowest BCUT2D eigenvalue weighted by Crippen LogP contribution is -2.68. The molecule has 3 atom stereocenters. The van der Waals surface area contributed by atoms with E-state index in [-0.39, 0.29) is 48.2 Å². The molecular weight excluding hydrogens is 458 g/mol. The minimum atomic E-state index is -4.04. The molecule has 0 bridgehead atoms. The monoisotopic (exact) mass is 489 g/mol. The van der Waals surface area contributed by atoms with Gasteiger partial charge in [-0.1, -0.05) is 13.8 Å². The summed E-state index contributed by atoms with van der Waals surface area (Å²) in [6, 6.07) is 0.326. The zero-order chi connectivity index (χ0) is 18.2. The first kappa shape index (κ1) is 22.0. The highest BCUT2D eigenvalue weighted by Gasteiger charge is 2.59. The smallest absolute Gasteiger partial charge is 0.377 e. The van der Waals surface area contributed by atoms with E-state index in [2.05, 4.69) is 29.5 Å². The van der Waals surface area contributed by atoms with Crippen molar-refractivity contribution in [2.75, 3.05) is 20.2 Å². The molecule has 3 rings (SSSR count). The maximum Gasteiger partial charge on any atom is 0.391 e. The molecule has 2 saturated carbocycles. The van der Waals surface area contributed by atoms with E-state index >= 15 is 0 Å². The van der Waals surface area contributed by atoms with Crippen LogP contribution in [0.2, 0.25) is 0 Å². The Labute approximate surface area is 171 Å². The highest BCUT2D eigenvalue weighted by molar-refractivity contribution is 14.0. The molecule has 0 amide bonds. The van der Waals surface area contributed by atoms with Crippen LogP contribution < -0.4 is 10.6 Å². The third kappa shape index (κ3) is 4.42. The van der Waals surface area contributed by atoms with Gasteiger partial charge in [-0.2, -0.15) is 13.2 Å². The van der Waals surface area contributed by atoms with Crippen molar-refractivity contribution in [3.63, 3.8) is 0 Å². The molecule has 3 aliphatic rings. The van der Waals surface area contributed by atoms with E-state index in [4.69, 9.17) is 4.74 Å². The fraction of sp³-hybridized carbons (Fsp3) is 0.944. The number of guanidine groups is 1. The summed E-state index contributed by atoms with van der Waals surface area (Å²) < 4.78 is 44.1. The second-order valence-electron chi connectivity index (χ2n) is 8.40. The van der Waals surface area contributed by atoms with Gasteiger partial charge >= 0.3 is 6.18 Å². The molecule has 0 aromatic carbocycles. The Balaban J connectivity index is 0.00000243. The molecule has 1 heterocycles. The van der Waals surface area contributed by atoms with Crippen LogP contribution >= 0.6 is 24.0 Å². The van der Waals surface area contributed by atoms with E-state index in [1.54, 1.807) is 7.05 Å². The van der Waals surface area contributed by atoms with Crippen molar-refractivity contribution in [1.29, 1.82) is 0 Å². The minimum absolute atomic E-state index is 0. The van der Waals surface area contributed by atoms with Gasteiger partial charge in [-0.25, -0.2) is 0 Å². The summed E-state index contributed by atoms with van der Waals surface area (Å²) in [5.41, 5.74) is 0.0730. The molecule has 0 spiro atoms. The lowest BCUT2D eigenvalue weighted by atomic mass is 9.57. The Bertz CT molecular complexity index is 504. The van der Waals surface area contributed by atoms with Gasteiger partial charge in [0.25, 0.3) is 0 Å². The Hall–Kier alpha value is -0.250. The van der Waals surface area contributed by atoms with E-state index in [1.165, 1.54) is 0 Å². The summed E-state index contributed by atoms with van der Waals surface area (Å²) in [5.74, 6) is 0.447. The van der Waals surface area contributed by atoms with E-state index in [0.717, 1.165) is 19.0 Å². The van der Waals surface area contributed by atoms with Crippen molar-refractivity contribution < 1.29 is 17.9 Å². The lowest BCUT2D eigenvalue weighted by Gasteiger charge is -2.55. The Morgan fingerprint density at radius 1 is 1.15 bits per heavy atom. The van der Waals surface area contributed by atoms with E-state index < -0.39 is 12.1 Å². The number of hydrogen-bond acceptors (Lipinski definition) is 2. The highest BCUT2D eigenvalue weighted by Crippen LogP contribution is 2.52. The number of hydrogen-bond donors (Lipinski definition) is 2. The van der Waals surface area contributed by atoms with Gasteiger partial charge in [0.2, 0.25) is 0 Å². The fourth-order valence-corrected chi connectivity index (χ4v) is 4.89. The summed E-state index contributed by atoms with van der Waals surface area (Å²) >= 11 is 0. The van der Waals surface area contributed by atoms with Gasteiger partial charge in [0.05, 0.1) is 12.0 Å². The summed E-state index contributed by atoms with van der Waals surface area (Å²) in [7, 11) is 1.74. The topological polar surface area (TPSA) is 45.7 Å². The first-order valence-electron chi connectivity index (χ1n) is 9.39. The molecule has 152 valence electrons. The number of aliphatic imine (C=N–C) groups is 1. The van der Waals surface area contributed by atoms with Gasteiger partial charge in [0.15, 0.2) is 5.96 Å². The number of nitrogens with one attached hydrogen (secondary N) is 2. The third-order valence-electron chi connectivity index (χ3n) is 6.48. The maximum absolute atomic E-state index is 12.8. The van der Waals surface area contributed by atoms with Crippen molar-refractivity contribution in [1.82, 2.24) is 10.6 Å². The predicted octanol–water partition coefficient (Wildman–Crippen LogP) is 3.95. The van der Waals surface area contributed by atoms with Crippen LogP contribution in [0.15, 0.2) is 4.99 Å². The van der Waals surface area contributed by atoms with Crippen LogP contribution in [0.25, 0.3) is 0 Å². The molecule has 0 radical (unpaired) electrons. The average molecular weight is 489 g/mol. The Morgan fingerprint density at radius 2 is 1.81 bits per heavy atom. The molecule has 3 unspecified atom stereocenters. The molecule has 0 aromatic rings. The molecule has 8 heteroatoms. The molecule has 1 aliphatic heterocycles. The Morgan fingerprint density at radius 3 is 2.38 bits per heavy atom. The van der Waals surface area contributed by atoms with Crippen LogP contribution in [0.1, 0.15) is 46.0 Å². The second-order valence-corrected chi connectivity index (χ2v) is 8.40. The minimum Gasteiger partial charge on any atom is -0.377 e. The molecule has 0 aromatic heterocycles. The number of nitrogens with zero attached hydrogens (tertiary/aromatic N) is 1. The summed E-state index contributed by atoms with van der Waals surface area (Å²) in [4.78, 5) is 4.30. The first-order valence-corrected chi connectivity index (χ1v) is 9.39. The lowest BCUT2D eigenvalue weighted by molar-refractivity contribution is -0.183. The molecule has 2 N–H and O–H groups in total. The molecule has 2 aliphatic carbocycles. The molecule has 26 heavy (non-hydrogen) atoms. The zero-order valence-corrected chi connectivity index (χ0v) is 18.1. The normalized spacial score (nSPS) is 36.5. The molecule has 4 nitrogen and oxygen atoms in total. The van der Waals surface area contributed by atoms with E-state index in [1.807, 2.05) is 0 Å². The highest BCUT2D eigenvalue weighted by atomic mass is 127. The van der Waals surface area contributed by atoms with Gasteiger partial charge in [0.1, 0.15) is 0 Å². The van der Waals surface area contributed by atoms with Gasteiger partial charge in [-0.3, -0.25) is 4.99 Å². The second kappa shape index (κ2) is 8.41. The molecular formula is C18H31F3IN3O. The van der Waals surface area contributed by atoms with Gasteiger partial charge in [0, 0.05) is 37.6 Å². The van der Waals surface area contributed by atoms with Crippen molar-refractivity contribution in [3.8, 4) is 0 Å². The Kier molecular flexibility index (Phi) is 7.13. The number of rotatable bonds is 3. The number of ether oxygens (including phenoxy) is 1. The average Bonchev–Trinajstić information content (AvgIpc) is 3.01. The SMILES string of the molecule is CN=C(NCC1CCC(C(F)(F)F)CC1)NC1C2CCOC2C1(C)C.I. The summed E-state index contributed by atoms with van der Waals surface area (Å²) in [5, 5.41) is 6.84. The van der Waals surface area contributed by atoms with Crippen LogP contribution in [-0.2, 0) is 4.74 Å². The first-order chi connectivity index (χ1) is 11.7. The van der Waals surface area contributed by atoms with Crippen molar-refractivity contribution >= 4 is 29.9 Å². The van der Waals surface area contributed by atoms with Crippen LogP contribution in [0.5, 0.6) is 0 Å². The van der Waals surface area contributed by atoms with Gasteiger partial charge in [-0.05, 0) is 38.0 Å². The maximum atomic E-state index is 12.8. The van der Waals surface area contributed by atoms with Crippen LogP contribution in [0.3, 0.4) is 0 Å². The molecule has 1 saturated heterocycles. The van der Waals surface area contributed by atoms with Crippen LogP contribution in [-0.4, -0.2) is 44.5 Å². The quantitative estimate of drug-likeness (QED) is 0.359. The van der Waals surface area contributed by atoms with Crippen molar-refractivity contribution in [3.05, 3.63) is 0 Å².